The first-order chi connectivity index (χ1) is 11.4. The molecule has 8 N–H and O–H groups in total. The molecule has 0 aliphatic carbocycles. The van der Waals surface area contributed by atoms with Gasteiger partial charge in [-0.2, -0.15) is 11.8 Å². The largest absolute Gasteiger partial charge is 0.480 e. The van der Waals surface area contributed by atoms with E-state index in [1.54, 1.807) is 11.8 Å². The van der Waals surface area contributed by atoms with E-state index in [9.17, 15) is 14.4 Å². The van der Waals surface area contributed by atoms with E-state index >= 15 is 0 Å². The van der Waals surface area contributed by atoms with Crippen molar-refractivity contribution in [3.05, 3.63) is 0 Å². The third kappa shape index (κ3) is 9.06. The van der Waals surface area contributed by atoms with Gasteiger partial charge in [-0.15, -0.1) is 0 Å². The monoisotopic (exact) mass is 364 g/mol. The molecular formula is C14H28N4O5S. The number of thioether (sulfide) groups is 1. The average Bonchev–Trinajstić information content (AvgIpc) is 2.55. The van der Waals surface area contributed by atoms with Gasteiger partial charge in [0.15, 0.2) is 0 Å². The third-order valence-corrected chi connectivity index (χ3v) is 3.99. The average molecular weight is 364 g/mol. The van der Waals surface area contributed by atoms with Gasteiger partial charge in [0.2, 0.25) is 11.8 Å². The van der Waals surface area contributed by atoms with Crippen LogP contribution < -0.4 is 22.1 Å². The fraction of sp³-hybridized carbons (Fsp3) is 0.786. The lowest BCUT2D eigenvalue weighted by Crippen LogP contribution is -2.55. The Morgan fingerprint density at radius 1 is 1.08 bits per heavy atom. The van der Waals surface area contributed by atoms with Gasteiger partial charge in [-0.05, 0) is 44.2 Å². The molecule has 10 heteroatoms. The highest BCUT2D eigenvalue weighted by molar-refractivity contribution is 7.98. The molecule has 2 amide bonds. The molecule has 0 rings (SSSR count). The summed E-state index contributed by atoms with van der Waals surface area (Å²) in [5.41, 5.74) is 11.2. The van der Waals surface area contributed by atoms with E-state index in [4.69, 9.17) is 21.7 Å². The van der Waals surface area contributed by atoms with Crippen LogP contribution in [0.25, 0.3) is 0 Å². The smallest absolute Gasteiger partial charge is 0.328 e. The van der Waals surface area contributed by atoms with Gasteiger partial charge in [-0.25, -0.2) is 4.79 Å². The molecule has 0 aliphatic heterocycles. The molecule has 0 spiro atoms. The molecule has 0 aliphatic rings. The molecule has 0 aromatic heterocycles. The van der Waals surface area contributed by atoms with Gasteiger partial charge in [-0.1, -0.05) is 0 Å². The van der Waals surface area contributed by atoms with Crippen LogP contribution in [0.4, 0.5) is 0 Å². The number of carboxylic acid groups (broad SMARTS) is 1. The maximum Gasteiger partial charge on any atom is 0.328 e. The maximum absolute atomic E-state index is 12.2. The van der Waals surface area contributed by atoms with Crippen LogP contribution in [0.3, 0.4) is 0 Å². The minimum Gasteiger partial charge on any atom is -0.480 e. The Bertz CT molecular complexity index is 411. The first kappa shape index (κ1) is 22.6. The highest BCUT2D eigenvalue weighted by Crippen LogP contribution is 2.04. The van der Waals surface area contributed by atoms with E-state index in [0.29, 0.717) is 38.0 Å². The van der Waals surface area contributed by atoms with Crippen LogP contribution in [0.1, 0.15) is 25.7 Å². The van der Waals surface area contributed by atoms with Crippen LogP contribution in [0.5, 0.6) is 0 Å². The number of hydrogen-bond donors (Lipinski definition) is 6. The molecule has 9 nitrogen and oxygen atoms in total. The summed E-state index contributed by atoms with van der Waals surface area (Å²) < 4.78 is 0. The number of aliphatic hydroxyl groups is 1. The number of carbonyl (C=O) groups excluding carboxylic acids is 2. The molecule has 0 fully saturated rings. The molecule has 3 unspecified atom stereocenters. The normalized spacial score (nSPS) is 14.5. The molecule has 0 saturated carbocycles. The second kappa shape index (κ2) is 13.0. The second-order valence-corrected chi connectivity index (χ2v) is 6.30. The molecular weight excluding hydrogens is 336 g/mol. The highest BCUT2D eigenvalue weighted by atomic mass is 32.2. The van der Waals surface area contributed by atoms with Crippen molar-refractivity contribution in [2.45, 2.75) is 43.8 Å². The first-order valence-corrected chi connectivity index (χ1v) is 9.15. The number of aliphatic hydroxyl groups excluding tert-OH is 1. The molecule has 0 bridgehead atoms. The van der Waals surface area contributed by atoms with Crippen molar-refractivity contribution in [2.75, 3.05) is 25.2 Å². The van der Waals surface area contributed by atoms with E-state index < -0.39 is 42.5 Å². The van der Waals surface area contributed by atoms with E-state index in [0.717, 1.165) is 0 Å². The van der Waals surface area contributed by atoms with E-state index in [-0.39, 0.29) is 0 Å². The van der Waals surface area contributed by atoms with Gasteiger partial charge >= 0.3 is 5.97 Å². The number of amides is 2. The number of unbranched alkanes of at least 4 members (excludes halogenated alkanes) is 1. The summed E-state index contributed by atoms with van der Waals surface area (Å²) >= 11 is 1.56. The number of hydrogen-bond acceptors (Lipinski definition) is 7. The zero-order chi connectivity index (χ0) is 18.5. The number of aliphatic carboxylic acids is 1. The van der Waals surface area contributed by atoms with Crippen molar-refractivity contribution < 1.29 is 24.6 Å². The quantitative estimate of drug-likeness (QED) is 0.209. The van der Waals surface area contributed by atoms with Crippen LogP contribution >= 0.6 is 11.8 Å². The Labute approximate surface area is 145 Å². The summed E-state index contributed by atoms with van der Waals surface area (Å²) in [7, 11) is 0. The minimum atomic E-state index is -1.42. The number of carboxylic acids is 1. The van der Waals surface area contributed by atoms with Gasteiger partial charge < -0.3 is 32.3 Å². The molecule has 0 heterocycles. The molecule has 24 heavy (non-hydrogen) atoms. The van der Waals surface area contributed by atoms with Crippen molar-refractivity contribution in [1.29, 1.82) is 0 Å². The summed E-state index contributed by atoms with van der Waals surface area (Å²) in [4.78, 5) is 35.2. The number of rotatable bonds is 13. The Balaban J connectivity index is 4.79. The van der Waals surface area contributed by atoms with Crippen molar-refractivity contribution in [3.8, 4) is 0 Å². The van der Waals surface area contributed by atoms with Crippen LogP contribution in [-0.4, -0.2) is 71.3 Å². The van der Waals surface area contributed by atoms with Gasteiger partial charge in [0.25, 0.3) is 0 Å². The van der Waals surface area contributed by atoms with Crippen molar-refractivity contribution >= 4 is 29.5 Å². The predicted octanol–water partition coefficient (Wildman–Crippen LogP) is -1.76. The Morgan fingerprint density at radius 3 is 2.21 bits per heavy atom. The molecule has 0 saturated heterocycles. The second-order valence-electron chi connectivity index (χ2n) is 5.32. The summed E-state index contributed by atoms with van der Waals surface area (Å²) in [5, 5.41) is 22.6. The van der Waals surface area contributed by atoms with Crippen LogP contribution in [0, 0.1) is 0 Å². The number of carbonyl (C=O) groups is 3. The summed E-state index contributed by atoms with van der Waals surface area (Å²) in [5.74, 6) is -1.77. The zero-order valence-corrected chi connectivity index (χ0v) is 14.7. The number of nitrogens with two attached hydrogens (primary N) is 2. The zero-order valence-electron chi connectivity index (χ0n) is 13.9. The number of nitrogens with one attached hydrogen (secondary N) is 2. The Morgan fingerprint density at radius 2 is 1.71 bits per heavy atom. The van der Waals surface area contributed by atoms with E-state index in [2.05, 4.69) is 10.6 Å². The first-order valence-electron chi connectivity index (χ1n) is 7.76. The van der Waals surface area contributed by atoms with Crippen molar-refractivity contribution in [1.82, 2.24) is 10.6 Å². The van der Waals surface area contributed by atoms with Gasteiger partial charge in [0.05, 0.1) is 12.6 Å². The lowest BCUT2D eigenvalue weighted by Gasteiger charge is -2.22. The Hall–Kier alpha value is -1.36. The minimum absolute atomic E-state index is 0.307. The summed E-state index contributed by atoms with van der Waals surface area (Å²) in [6, 6.07) is -3.08. The molecule has 0 aromatic carbocycles. The fourth-order valence-corrected chi connectivity index (χ4v) is 2.36. The third-order valence-electron chi connectivity index (χ3n) is 3.35. The SMILES string of the molecule is CSCCC(N)C(=O)NC(CCCCN)C(=O)NC(CO)C(=O)O. The highest BCUT2D eigenvalue weighted by Gasteiger charge is 2.27. The standard InChI is InChI=1S/C14H28N4O5S/c1-24-7-5-9(16)12(20)17-10(4-2-3-6-15)13(21)18-11(8-19)14(22)23/h9-11,19H,2-8,15-16H2,1H3,(H,17,20)(H,18,21)(H,22,23). The summed E-state index contributed by atoms with van der Waals surface area (Å²) in [6.07, 6.45) is 3.93. The lowest BCUT2D eigenvalue weighted by atomic mass is 10.1. The molecule has 3 atom stereocenters. The molecule has 0 radical (unpaired) electrons. The van der Waals surface area contributed by atoms with E-state index in [1.165, 1.54) is 0 Å². The summed E-state index contributed by atoms with van der Waals surface area (Å²) in [6.45, 7) is -0.290. The van der Waals surface area contributed by atoms with Gasteiger partial charge in [0, 0.05) is 0 Å². The van der Waals surface area contributed by atoms with Crippen molar-refractivity contribution in [2.24, 2.45) is 11.5 Å². The van der Waals surface area contributed by atoms with Crippen LogP contribution in [-0.2, 0) is 14.4 Å². The van der Waals surface area contributed by atoms with Gasteiger partial charge in [0.1, 0.15) is 12.1 Å². The fourth-order valence-electron chi connectivity index (χ4n) is 1.87. The van der Waals surface area contributed by atoms with Gasteiger partial charge in [-0.3, -0.25) is 9.59 Å². The lowest BCUT2D eigenvalue weighted by molar-refractivity contribution is -0.143. The molecule has 0 aromatic rings. The van der Waals surface area contributed by atoms with Crippen molar-refractivity contribution in [3.63, 3.8) is 0 Å². The predicted molar refractivity (Wildman–Crippen MR) is 92.5 cm³/mol. The maximum atomic E-state index is 12.2. The van der Waals surface area contributed by atoms with Crippen LogP contribution in [0.2, 0.25) is 0 Å². The van der Waals surface area contributed by atoms with Crippen LogP contribution in [0.15, 0.2) is 0 Å². The molecule has 140 valence electrons. The van der Waals surface area contributed by atoms with E-state index in [1.807, 2.05) is 6.26 Å². The topological polar surface area (TPSA) is 168 Å². The Kier molecular flexibility index (Phi) is 12.3.